The van der Waals surface area contributed by atoms with E-state index in [0.29, 0.717) is 18.8 Å². The summed E-state index contributed by atoms with van der Waals surface area (Å²) in [5.74, 6) is 0.588. The van der Waals surface area contributed by atoms with Gasteiger partial charge in [-0.1, -0.05) is 6.92 Å². The molecule has 1 rings (SSSR count). The molecule has 1 aromatic rings. The van der Waals surface area contributed by atoms with Crippen molar-refractivity contribution < 1.29 is 17.6 Å². The van der Waals surface area contributed by atoms with E-state index in [1.807, 2.05) is 0 Å². The van der Waals surface area contributed by atoms with Gasteiger partial charge >= 0.3 is 6.18 Å². The molecule has 0 spiro atoms. The van der Waals surface area contributed by atoms with Crippen LogP contribution >= 0.6 is 0 Å². The van der Waals surface area contributed by atoms with E-state index in [4.69, 9.17) is 4.42 Å². The monoisotopic (exact) mass is 250 g/mol. The molecular formula is C11H17F3N2O. The number of rotatable bonds is 6. The second-order valence-electron chi connectivity index (χ2n) is 3.82. The molecule has 0 saturated carbocycles. The van der Waals surface area contributed by atoms with Crippen molar-refractivity contribution >= 4 is 0 Å². The lowest BCUT2D eigenvalue weighted by atomic mass is 10.2. The first kappa shape index (κ1) is 14.1. The Morgan fingerprint density at radius 2 is 2.12 bits per heavy atom. The quantitative estimate of drug-likeness (QED) is 0.840. The summed E-state index contributed by atoms with van der Waals surface area (Å²) in [6.45, 7) is 1.89. The summed E-state index contributed by atoms with van der Waals surface area (Å²) < 4.78 is 42.1. The Morgan fingerprint density at radius 1 is 1.41 bits per heavy atom. The Bertz CT molecular complexity index is 336. The number of halogens is 3. The first-order valence-electron chi connectivity index (χ1n) is 5.45. The predicted octanol–water partition coefficient (Wildman–Crippen LogP) is 2.38. The molecule has 3 nitrogen and oxygen atoms in total. The van der Waals surface area contributed by atoms with Gasteiger partial charge in [0.05, 0.1) is 19.4 Å². The van der Waals surface area contributed by atoms with Crippen LogP contribution in [0.1, 0.15) is 18.2 Å². The molecule has 0 saturated heterocycles. The fourth-order valence-electron chi connectivity index (χ4n) is 1.59. The van der Waals surface area contributed by atoms with Crippen molar-refractivity contribution in [2.75, 3.05) is 20.1 Å². The van der Waals surface area contributed by atoms with Crippen LogP contribution in [0.2, 0.25) is 0 Å². The second kappa shape index (κ2) is 6.07. The minimum Gasteiger partial charge on any atom is -0.468 e. The molecule has 0 aliphatic carbocycles. The van der Waals surface area contributed by atoms with E-state index in [9.17, 15) is 13.2 Å². The zero-order valence-corrected chi connectivity index (χ0v) is 9.97. The minimum atomic E-state index is -4.17. The lowest BCUT2D eigenvalue weighted by molar-refractivity contribution is -0.147. The maximum absolute atomic E-state index is 12.3. The summed E-state index contributed by atoms with van der Waals surface area (Å²) in [6.07, 6.45) is -2.67. The van der Waals surface area contributed by atoms with E-state index in [1.54, 1.807) is 20.0 Å². The fourth-order valence-corrected chi connectivity index (χ4v) is 1.59. The van der Waals surface area contributed by atoms with Gasteiger partial charge in [-0.25, -0.2) is 0 Å². The molecule has 0 atom stereocenters. The Labute approximate surface area is 98.6 Å². The smallest absolute Gasteiger partial charge is 0.401 e. The van der Waals surface area contributed by atoms with Crippen LogP contribution in [0.4, 0.5) is 13.2 Å². The Balaban J connectivity index is 2.63. The van der Waals surface area contributed by atoms with Crippen molar-refractivity contribution in [1.82, 2.24) is 10.2 Å². The molecule has 17 heavy (non-hydrogen) atoms. The van der Waals surface area contributed by atoms with E-state index >= 15 is 0 Å². The third-order valence-corrected chi connectivity index (χ3v) is 2.42. The summed E-state index contributed by atoms with van der Waals surface area (Å²) >= 11 is 0. The standard InChI is InChI=1S/C11H17F3N2O/c1-3-16(8-11(12,13)14)7-10-9(6-15-2)4-5-17-10/h4-5,15H,3,6-8H2,1-2H3. The van der Waals surface area contributed by atoms with Crippen LogP contribution in [0.3, 0.4) is 0 Å². The van der Waals surface area contributed by atoms with Crippen LogP contribution in [0.25, 0.3) is 0 Å². The third kappa shape index (κ3) is 4.79. The average molecular weight is 250 g/mol. The van der Waals surface area contributed by atoms with Crippen LogP contribution in [0.15, 0.2) is 16.7 Å². The number of alkyl halides is 3. The SMILES string of the molecule is CCN(Cc1occc1CNC)CC(F)(F)F. The lowest BCUT2D eigenvalue weighted by Crippen LogP contribution is -2.33. The van der Waals surface area contributed by atoms with E-state index in [0.717, 1.165) is 5.56 Å². The molecule has 0 bridgehead atoms. The van der Waals surface area contributed by atoms with Crippen molar-refractivity contribution in [3.8, 4) is 0 Å². The molecule has 0 aromatic carbocycles. The van der Waals surface area contributed by atoms with Gasteiger partial charge in [0, 0.05) is 12.1 Å². The van der Waals surface area contributed by atoms with E-state index in [1.165, 1.54) is 11.2 Å². The topological polar surface area (TPSA) is 28.4 Å². The Hall–Kier alpha value is -1.01. The van der Waals surface area contributed by atoms with Gasteiger partial charge in [0.1, 0.15) is 5.76 Å². The van der Waals surface area contributed by atoms with Crippen molar-refractivity contribution in [2.45, 2.75) is 26.2 Å². The van der Waals surface area contributed by atoms with Crippen molar-refractivity contribution in [1.29, 1.82) is 0 Å². The number of furan rings is 1. The van der Waals surface area contributed by atoms with Gasteiger partial charge in [0.15, 0.2) is 0 Å². The number of nitrogens with zero attached hydrogens (tertiary/aromatic N) is 1. The van der Waals surface area contributed by atoms with E-state index in [-0.39, 0.29) is 6.54 Å². The zero-order chi connectivity index (χ0) is 12.9. The molecule has 1 heterocycles. The maximum atomic E-state index is 12.3. The number of hydrogen-bond donors (Lipinski definition) is 1. The highest BCUT2D eigenvalue weighted by atomic mass is 19.4. The second-order valence-corrected chi connectivity index (χ2v) is 3.82. The van der Waals surface area contributed by atoms with Crippen molar-refractivity contribution in [3.63, 3.8) is 0 Å². The summed E-state index contributed by atoms with van der Waals surface area (Å²) in [7, 11) is 1.78. The summed E-state index contributed by atoms with van der Waals surface area (Å²) in [5, 5.41) is 2.95. The van der Waals surface area contributed by atoms with Crippen LogP contribution in [0, 0.1) is 0 Å². The van der Waals surface area contributed by atoms with Crippen LogP contribution in [-0.2, 0) is 13.1 Å². The molecule has 0 fully saturated rings. The largest absolute Gasteiger partial charge is 0.468 e. The number of hydrogen-bond acceptors (Lipinski definition) is 3. The highest BCUT2D eigenvalue weighted by Gasteiger charge is 2.30. The Kier molecular flexibility index (Phi) is 5.02. The van der Waals surface area contributed by atoms with Crippen molar-refractivity contribution in [3.05, 3.63) is 23.7 Å². The molecule has 0 amide bonds. The lowest BCUT2D eigenvalue weighted by Gasteiger charge is -2.21. The van der Waals surface area contributed by atoms with Gasteiger partial charge in [0.2, 0.25) is 0 Å². The normalized spacial score (nSPS) is 12.4. The maximum Gasteiger partial charge on any atom is 0.401 e. The van der Waals surface area contributed by atoms with Gasteiger partial charge in [-0.2, -0.15) is 13.2 Å². The van der Waals surface area contributed by atoms with Crippen LogP contribution < -0.4 is 5.32 Å². The molecule has 0 aliphatic heterocycles. The fraction of sp³-hybridized carbons (Fsp3) is 0.636. The average Bonchev–Trinajstić information content (AvgIpc) is 2.63. The predicted molar refractivity (Wildman–Crippen MR) is 58.5 cm³/mol. The third-order valence-electron chi connectivity index (χ3n) is 2.42. The zero-order valence-electron chi connectivity index (χ0n) is 9.97. The summed E-state index contributed by atoms with van der Waals surface area (Å²) in [6, 6.07) is 1.77. The minimum absolute atomic E-state index is 0.181. The molecule has 1 N–H and O–H groups in total. The molecule has 0 aliphatic rings. The van der Waals surface area contributed by atoms with Crippen LogP contribution in [0.5, 0.6) is 0 Å². The van der Waals surface area contributed by atoms with Gasteiger partial charge in [-0.05, 0) is 19.7 Å². The highest BCUT2D eigenvalue weighted by Crippen LogP contribution is 2.19. The summed E-state index contributed by atoms with van der Waals surface area (Å²) in [5.41, 5.74) is 0.896. The van der Waals surface area contributed by atoms with Gasteiger partial charge in [-0.3, -0.25) is 4.90 Å². The summed E-state index contributed by atoms with van der Waals surface area (Å²) in [4.78, 5) is 1.30. The van der Waals surface area contributed by atoms with Gasteiger partial charge < -0.3 is 9.73 Å². The highest BCUT2D eigenvalue weighted by molar-refractivity contribution is 5.16. The molecular weight excluding hydrogens is 233 g/mol. The van der Waals surface area contributed by atoms with Crippen LogP contribution in [-0.4, -0.2) is 31.2 Å². The first-order chi connectivity index (χ1) is 7.96. The Morgan fingerprint density at radius 3 is 2.65 bits per heavy atom. The molecule has 1 aromatic heterocycles. The van der Waals surface area contributed by atoms with Gasteiger partial charge in [0.25, 0.3) is 0 Å². The molecule has 98 valence electrons. The molecule has 0 radical (unpaired) electrons. The first-order valence-corrected chi connectivity index (χ1v) is 5.45. The molecule has 0 unspecified atom stereocenters. The van der Waals surface area contributed by atoms with Gasteiger partial charge in [-0.15, -0.1) is 0 Å². The van der Waals surface area contributed by atoms with E-state index < -0.39 is 12.7 Å². The van der Waals surface area contributed by atoms with E-state index in [2.05, 4.69) is 5.32 Å². The molecule has 6 heteroatoms. The van der Waals surface area contributed by atoms with Crippen molar-refractivity contribution in [2.24, 2.45) is 0 Å². The number of nitrogens with one attached hydrogen (secondary N) is 1.